The summed E-state index contributed by atoms with van der Waals surface area (Å²) in [6.45, 7) is 5.38. The lowest BCUT2D eigenvalue weighted by atomic mass is 10.1. The molecule has 24 heavy (non-hydrogen) atoms. The molecule has 6 nitrogen and oxygen atoms in total. The van der Waals surface area contributed by atoms with Crippen molar-refractivity contribution in [1.29, 1.82) is 0 Å². The molecule has 1 aliphatic heterocycles. The SMILES string of the molecule is CC(C)Cc1ncc2c(n1)CN(C(=O)c1cnc3ccccn13)C2. The summed E-state index contributed by atoms with van der Waals surface area (Å²) in [5, 5.41) is 0. The molecule has 0 atom stereocenters. The number of imidazole rings is 1. The van der Waals surface area contributed by atoms with Crippen LogP contribution in [0, 0.1) is 5.92 Å². The van der Waals surface area contributed by atoms with Crippen LogP contribution in [0.5, 0.6) is 0 Å². The molecule has 1 amide bonds. The van der Waals surface area contributed by atoms with E-state index in [1.165, 1.54) is 0 Å². The summed E-state index contributed by atoms with van der Waals surface area (Å²) in [5.74, 6) is 1.34. The highest BCUT2D eigenvalue weighted by Crippen LogP contribution is 2.23. The summed E-state index contributed by atoms with van der Waals surface area (Å²) in [4.78, 5) is 28.0. The predicted molar refractivity (Wildman–Crippen MR) is 89.3 cm³/mol. The van der Waals surface area contributed by atoms with Crippen LogP contribution in [0.1, 0.15) is 41.4 Å². The van der Waals surface area contributed by atoms with Crippen molar-refractivity contribution in [1.82, 2.24) is 24.3 Å². The van der Waals surface area contributed by atoms with E-state index >= 15 is 0 Å². The Labute approximate surface area is 140 Å². The van der Waals surface area contributed by atoms with E-state index in [0.29, 0.717) is 24.7 Å². The molecule has 0 saturated heterocycles. The van der Waals surface area contributed by atoms with Crippen molar-refractivity contribution >= 4 is 11.6 Å². The normalized spacial score (nSPS) is 13.7. The number of amides is 1. The van der Waals surface area contributed by atoms with Gasteiger partial charge in [-0.2, -0.15) is 0 Å². The van der Waals surface area contributed by atoms with Gasteiger partial charge in [-0.1, -0.05) is 19.9 Å². The average molecular weight is 321 g/mol. The van der Waals surface area contributed by atoms with Gasteiger partial charge in [0.25, 0.3) is 5.91 Å². The van der Waals surface area contributed by atoms with Crippen LogP contribution in [0.3, 0.4) is 0 Å². The molecule has 6 heteroatoms. The fourth-order valence-electron chi connectivity index (χ4n) is 3.05. The van der Waals surface area contributed by atoms with Gasteiger partial charge in [-0.15, -0.1) is 0 Å². The first-order chi connectivity index (χ1) is 11.6. The summed E-state index contributed by atoms with van der Waals surface area (Å²) in [7, 11) is 0. The van der Waals surface area contributed by atoms with Gasteiger partial charge < -0.3 is 4.90 Å². The number of hydrogen-bond donors (Lipinski definition) is 0. The van der Waals surface area contributed by atoms with E-state index in [4.69, 9.17) is 0 Å². The molecular formula is C18H19N5O. The third kappa shape index (κ3) is 2.54. The molecule has 122 valence electrons. The highest BCUT2D eigenvalue weighted by molar-refractivity contribution is 5.93. The number of hydrogen-bond acceptors (Lipinski definition) is 4. The second kappa shape index (κ2) is 5.70. The number of carbonyl (C=O) groups excluding carboxylic acids is 1. The van der Waals surface area contributed by atoms with Crippen LogP contribution in [0.2, 0.25) is 0 Å². The van der Waals surface area contributed by atoms with Crippen molar-refractivity contribution in [3.05, 3.63) is 59.6 Å². The maximum Gasteiger partial charge on any atom is 0.273 e. The first kappa shape index (κ1) is 14.8. The van der Waals surface area contributed by atoms with Gasteiger partial charge in [0, 0.05) is 30.9 Å². The van der Waals surface area contributed by atoms with Gasteiger partial charge in [-0.3, -0.25) is 9.20 Å². The minimum Gasteiger partial charge on any atom is -0.327 e. The van der Waals surface area contributed by atoms with Gasteiger partial charge in [0.2, 0.25) is 0 Å². The van der Waals surface area contributed by atoms with E-state index in [9.17, 15) is 4.79 Å². The van der Waals surface area contributed by atoms with Gasteiger partial charge in [0.05, 0.1) is 18.4 Å². The fourth-order valence-corrected chi connectivity index (χ4v) is 3.05. The average Bonchev–Trinajstić information content (AvgIpc) is 3.17. The van der Waals surface area contributed by atoms with Crippen LogP contribution in [0.15, 0.2) is 36.8 Å². The third-order valence-corrected chi connectivity index (χ3v) is 4.22. The first-order valence-corrected chi connectivity index (χ1v) is 8.17. The Morgan fingerprint density at radius 2 is 2.08 bits per heavy atom. The van der Waals surface area contributed by atoms with E-state index < -0.39 is 0 Å². The maximum atomic E-state index is 12.9. The third-order valence-electron chi connectivity index (χ3n) is 4.22. The van der Waals surface area contributed by atoms with Crippen molar-refractivity contribution in [3.63, 3.8) is 0 Å². The topological polar surface area (TPSA) is 63.4 Å². The zero-order valence-corrected chi connectivity index (χ0v) is 13.8. The molecular weight excluding hydrogens is 302 g/mol. The smallest absolute Gasteiger partial charge is 0.273 e. The Bertz CT molecular complexity index is 915. The second-order valence-electron chi connectivity index (χ2n) is 6.59. The zero-order valence-electron chi connectivity index (χ0n) is 13.8. The number of fused-ring (bicyclic) bond motifs is 2. The summed E-state index contributed by atoms with van der Waals surface area (Å²) >= 11 is 0. The minimum absolute atomic E-state index is 0.0305. The molecule has 0 bridgehead atoms. The van der Waals surface area contributed by atoms with E-state index in [0.717, 1.165) is 29.1 Å². The summed E-state index contributed by atoms with van der Waals surface area (Å²) in [6.07, 6.45) is 6.21. The Hall–Kier alpha value is -2.76. The lowest BCUT2D eigenvalue weighted by Crippen LogP contribution is -2.26. The number of nitrogens with zero attached hydrogens (tertiary/aromatic N) is 5. The van der Waals surface area contributed by atoms with Crippen molar-refractivity contribution in [2.75, 3.05) is 0 Å². The van der Waals surface area contributed by atoms with Gasteiger partial charge in [-0.05, 0) is 18.1 Å². The van der Waals surface area contributed by atoms with Gasteiger partial charge in [0.1, 0.15) is 17.2 Å². The molecule has 4 heterocycles. The van der Waals surface area contributed by atoms with Crippen LogP contribution in [0.4, 0.5) is 0 Å². The number of carbonyl (C=O) groups is 1. The Morgan fingerprint density at radius 1 is 1.21 bits per heavy atom. The Kier molecular flexibility index (Phi) is 3.52. The summed E-state index contributed by atoms with van der Waals surface area (Å²) in [6, 6.07) is 5.70. The molecule has 0 spiro atoms. The maximum absolute atomic E-state index is 12.9. The molecule has 1 aliphatic rings. The number of rotatable bonds is 3. The summed E-state index contributed by atoms with van der Waals surface area (Å²) in [5.41, 5.74) is 3.35. The highest BCUT2D eigenvalue weighted by Gasteiger charge is 2.27. The molecule has 0 aliphatic carbocycles. The molecule has 0 saturated carbocycles. The minimum atomic E-state index is -0.0305. The Balaban J connectivity index is 1.59. The van der Waals surface area contributed by atoms with E-state index in [1.807, 2.05) is 35.0 Å². The number of aromatic nitrogens is 4. The number of pyridine rings is 1. The van der Waals surface area contributed by atoms with Crippen molar-refractivity contribution < 1.29 is 4.79 Å². The predicted octanol–water partition coefficient (Wildman–Crippen LogP) is 2.48. The van der Waals surface area contributed by atoms with E-state index in [2.05, 4.69) is 28.8 Å². The molecule has 3 aromatic rings. The molecule has 0 N–H and O–H groups in total. The van der Waals surface area contributed by atoms with Gasteiger partial charge in [-0.25, -0.2) is 15.0 Å². The molecule has 3 aromatic heterocycles. The largest absolute Gasteiger partial charge is 0.327 e. The van der Waals surface area contributed by atoms with Crippen LogP contribution >= 0.6 is 0 Å². The fraction of sp³-hybridized carbons (Fsp3) is 0.333. The van der Waals surface area contributed by atoms with Crippen LogP contribution in [-0.4, -0.2) is 30.2 Å². The zero-order chi connectivity index (χ0) is 16.7. The van der Waals surface area contributed by atoms with E-state index in [1.54, 1.807) is 11.1 Å². The van der Waals surface area contributed by atoms with Gasteiger partial charge >= 0.3 is 0 Å². The van der Waals surface area contributed by atoms with Crippen LogP contribution in [-0.2, 0) is 19.5 Å². The molecule has 0 fully saturated rings. The second-order valence-corrected chi connectivity index (χ2v) is 6.59. The monoisotopic (exact) mass is 321 g/mol. The lowest BCUT2D eigenvalue weighted by Gasteiger charge is -2.14. The standard InChI is InChI=1S/C18H19N5O/c1-12(2)7-16-19-8-13-10-22(11-14(13)21-16)18(24)15-9-20-17-5-3-4-6-23(15)17/h3-6,8-9,12H,7,10-11H2,1-2H3. The van der Waals surface area contributed by atoms with Crippen molar-refractivity contribution in [3.8, 4) is 0 Å². The molecule has 0 radical (unpaired) electrons. The molecule has 4 rings (SSSR count). The van der Waals surface area contributed by atoms with Crippen LogP contribution in [0.25, 0.3) is 5.65 Å². The first-order valence-electron chi connectivity index (χ1n) is 8.17. The Morgan fingerprint density at radius 3 is 2.92 bits per heavy atom. The lowest BCUT2D eigenvalue weighted by molar-refractivity contribution is 0.0743. The van der Waals surface area contributed by atoms with Crippen molar-refractivity contribution in [2.45, 2.75) is 33.4 Å². The molecule has 0 unspecified atom stereocenters. The van der Waals surface area contributed by atoms with Crippen molar-refractivity contribution in [2.24, 2.45) is 5.92 Å². The van der Waals surface area contributed by atoms with E-state index in [-0.39, 0.29) is 5.91 Å². The highest BCUT2D eigenvalue weighted by atomic mass is 16.2. The summed E-state index contributed by atoms with van der Waals surface area (Å²) < 4.78 is 1.82. The van der Waals surface area contributed by atoms with Gasteiger partial charge in [0.15, 0.2) is 0 Å². The quantitative estimate of drug-likeness (QED) is 0.743. The molecule has 0 aromatic carbocycles. The van der Waals surface area contributed by atoms with Crippen LogP contribution < -0.4 is 0 Å².